The number of nitrogens with one attached hydrogen (secondary N) is 1. The van der Waals surface area contributed by atoms with Crippen molar-refractivity contribution in [3.63, 3.8) is 0 Å². The number of sulfonamides is 1. The topological polar surface area (TPSA) is 98.5 Å². The summed E-state index contributed by atoms with van der Waals surface area (Å²) < 4.78 is 75.4. The molecule has 2 aromatic carbocycles. The van der Waals surface area contributed by atoms with E-state index in [9.17, 15) is 26.4 Å². The Balaban J connectivity index is 1.47. The Hall–Kier alpha value is -3.18. The van der Waals surface area contributed by atoms with E-state index in [0.29, 0.717) is 23.4 Å². The number of aromatic nitrogens is 1. The average molecular weight is 440 g/mol. The molecule has 0 unspecified atom stereocenters. The van der Waals surface area contributed by atoms with Crippen LogP contribution >= 0.6 is 0 Å². The number of benzene rings is 2. The maximum absolute atomic E-state index is 13.2. The van der Waals surface area contributed by atoms with Crippen LogP contribution < -0.4 is 4.72 Å². The maximum atomic E-state index is 13.2. The van der Waals surface area contributed by atoms with Crippen molar-refractivity contribution in [3.05, 3.63) is 71.9 Å². The molecule has 1 heterocycles. The Kier molecular flexibility index (Phi) is 6.53. The second-order valence-electron chi connectivity index (χ2n) is 6.04. The number of ether oxygens (including phenoxy) is 1. The molecule has 3 aromatic rings. The number of carbonyl (C=O) groups excluding carboxylic acids is 1. The molecule has 0 amide bonds. The lowest BCUT2D eigenvalue weighted by molar-refractivity contribution is -0.144. The second kappa shape index (κ2) is 9.09. The summed E-state index contributed by atoms with van der Waals surface area (Å²) in [4.78, 5) is 15.4. The van der Waals surface area contributed by atoms with Crippen LogP contribution in [0.1, 0.15) is 12.1 Å². The van der Waals surface area contributed by atoms with Gasteiger partial charge in [0.2, 0.25) is 15.9 Å². The highest BCUT2D eigenvalue weighted by Crippen LogP contribution is 2.19. The molecule has 158 valence electrons. The van der Waals surface area contributed by atoms with E-state index in [2.05, 4.69) is 9.71 Å². The number of oxazole rings is 1. The summed E-state index contributed by atoms with van der Waals surface area (Å²) in [5.41, 5.74) is 0.852. The number of esters is 1. The number of carbonyl (C=O) groups is 1. The zero-order valence-corrected chi connectivity index (χ0v) is 16.1. The summed E-state index contributed by atoms with van der Waals surface area (Å²) in [6, 6.07) is 7.60. The van der Waals surface area contributed by atoms with E-state index in [1.54, 1.807) is 0 Å². The Bertz CT molecular complexity index is 1150. The van der Waals surface area contributed by atoms with Gasteiger partial charge in [0.1, 0.15) is 24.4 Å². The molecule has 30 heavy (non-hydrogen) atoms. The van der Waals surface area contributed by atoms with Crippen LogP contribution in [0.15, 0.2) is 58.0 Å². The van der Waals surface area contributed by atoms with E-state index in [0.717, 1.165) is 6.07 Å². The van der Waals surface area contributed by atoms with Crippen molar-refractivity contribution in [1.29, 1.82) is 0 Å². The molecule has 0 saturated carbocycles. The Labute approximate surface area is 169 Å². The summed E-state index contributed by atoms with van der Waals surface area (Å²) in [6.07, 6.45) is 0.976. The predicted molar refractivity (Wildman–Crippen MR) is 97.9 cm³/mol. The third kappa shape index (κ3) is 5.45. The molecule has 11 heteroatoms. The molecule has 0 aliphatic rings. The minimum absolute atomic E-state index is 0.209. The van der Waals surface area contributed by atoms with Gasteiger partial charge in [0.25, 0.3) is 0 Å². The first-order valence-corrected chi connectivity index (χ1v) is 10.0. The first kappa shape index (κ1) is 21.5. The van der Waals surface area contributed by atoms with Gasteiger partial charge in [-0.3, -0.25) is 4.79 Å². The van der Waals surface area contributed by atoms with Gasteiger partial charge in [0.05, 0.1) is 11.3 Å². The van der Waals surface area contributed by atoms with E-state index >= 15 is 0 Å². The average Bonchev–Trinajstić information content (AvgIpc) is 3.18. The molecular formula is C19H15F3N2O5S. The summed E-state index contributed by atoms with van der Waals surface area (Å²) in [5, 5.41) is 0. The molecule has 0 spiro atoms. The summed E-state index contributed by atoms with van der Waals surface area (Å²) >= 11 is 0. The third-order valence-corrected chi connectivity index (χ3v) is 5.31. The lowest BCUT2D eigenvalue weighted by atomic mass is 10.2. The minimum atomic E-state index is -4.11. The second-order valence-corrected chi connectivity index (χ2v) is 7.80. The molecule has 1 aromatic heterocycles. The van der Waals surface area contributed by atoms with Gasteiger partial charge in [-0.25, -0.2) is 31.3 Å². The maximum Gasteiger partial charge on any atom is 0.307 e. The van der Waals surface area contributed by atoms with Crippen molar-refractivity contribution in [1.82, 2.24) is 9.71 Å². The van der Waals surface area contributed by atoms with Crippen LogP contribution in [0.4, 0.5) is 13.2 Å². The minimum Gasteiger partial charge on any atom is -0.459 e. The molecule has 0 aliphatic carbocycles. The largest absolute Gasteiger partial charge is 0.459 e. The molecule has 0 bridgehead atoms. The van der Waals surface area contributed by atoms with Crippen molar-refractivity contribution in [2.45, 2.75) is 17.9 Å². The van der Waals surface area contributed by atoms with E-state index in [1.807, 2.05) is 0 Å². The predicted octanol–water partition coefficient (Wildman–Crippen LogP) is 3.17. The van der Waals surface area contributed by atoms with Crippen LogP contribution in [0, 0.1) is 17.5 Å². The van der Waals surface area contributed by atoms with Crippen molar-refractivity contribution in [2.24, 2.45) is 0 Å². The Morgan fingerprint density at radius 3 is 2.50 bits per heavy atom. The number of nitrogens with zero attached hydrogens (tertiary/aromatic N) is 1. The molecule has 3 rings (SSSR count). The van der Waals surface area contributed by atoms with Crippen LogP contribution in [0.25, 0.3) is 11.5 Å². The zero-order chi connectivity index (χ0) is 21.7. The first-order valence-electron chi connectivity index (χ1n) is 8.55. The van der Waals surface area contributed by atoms with Crippen molar-refractivity contribution >= 4 is 16.0 Å². The van der Waals surface area contributed by atoms with Crippen molar-refractivity contribution < 1.29 is 35.5 Å². The quantitative estimate of drug-likeness (QED) is 0.541. The van der Waals surface area contributed by atoms with E-state index in [1.165, 1.54) is 30.5 Å². The normalized spacial score (nSPS) is 11.4. The zero-order valence-electron chi connectivity index (χ0n) is 15.3. The number of rotatable bonds is 8. The molecule has 0 atom stereocenters. The fraction of sp³-hybridized carbons (Fsp3) is 0.158. The summed E-state index contributed by atoms with van der Waals surface area (Å²) in [6.45, 7) is -0.515. The lowest BCUT2D eigenvalue weighted by Crippen LogP contribution is -2.27. The highest BCUT2D eigenvalue weighted by Gasteiger charge is 2.17. The fourth-order valence-electron chi connectivity index (χ4n) is 2.34. The van der Waals surface area contributed by atoms with Crippen LogP contribution in [0.5, 0.6) is 0 Å². The SMILES string of the molecule is O=C(CCNS(=O)(=O)c1ccc(F)c(F)c1)OCc1coc(-c2ccc(F)cc2)n1. The van der Waals surface area contributed by atoms with E-state index in [4.69, 9.17) is 9.15 Å². The lowest BCUT2D eigenvalue weighted by Gasteiger charge is -2.07. The van der Waals surface area contributed by atoms with Gasteiger partial charge in [0.15, 0.2) is 11.6 Å². The van der Waals surface area contributed by atoms with Gasteiger partial charge in [-0.15, -0.1) is 0 Å². The van der Waals surface area contributed by atoms with Crippen molar-refractivity contribution in [3.8, 4) is 11.5 Å². The van der Waals surface area contributed by atoms with Gasteiger partial charge in [0, 0.05) is 12.1 Å². The standard InChI is InChI=1S/C19H15F3N2O5S/c20-13-3-1-12(2-4-13)19-24-14(11-29-19)10-28-18(25)7-8-23-30(26,27)15-5-6-16(21)17(22)9-15/h1-6,9,11,23H,7-8,10H2. The molecule has 0 saturated heterocycles. The van der Waals surface area contributed by atoms with Gasteiger partial charge in [-0.1, -0.05) is 0 Å². The number of halogens is 3. The first-order chi connectivity index (χ1) is 14.2. The molecular weight excluding hydrogens is 425 g/mol. The molecule has 0 fully saturated rings. The summed E-state index contributed by atoms with van der Waals surface area (Å²) in [7, 11) is -4.11. The highest BCUT2D eigenvalue weighted by molar-refractivity contribution is 7.89. The number of hydrogen-bond acceptors (Lipinski definition) is 6. The Morgan fingerprint density at radius 1 is 1.07 bits per heavy atom. The van der Waals surface area contributed by atoms with Crippen LogP contribution in [0.2, 0.25) is 0 Å². The monoisotopic (exact) mass is 440 g/mol. The molecule has 0 radical (unpaired) electrons. The molecule has 1 N–H and O–H groups in total. The smallest absolute Gasteiger partial charge is 0.307 e. The van der Waals surface area contributed by atoms with E-state index < -0.39 is 38.3 Å². The Morgan fingerprint density at radius 2 is 1.80 bits per heavy atom. The van der Waals surface area contributed by atoms with Gasteiger partial charge in [-0.2, -0.15) is 0 Å². The third-order valence-electron chi connectivity index (χ3n) is 3.85. The molecule has 7 nitrogen and oxygen atoms in total. The van der Waals surface area contributed by atoms with Gasteiger partial charge < -0.3 is 9.15 Å². The van der Waals surface area contributed by atoms with Gasteiger partial charge in [-0.05, 0) is 42.5 Å². The van der Waals surface area contributed by atoms with Crippen LogP contribution in [0.3, 0.4) is 0 Å². The number of hydrogen-bond donors (Lipinski definition) is 1. The highest BCUT2D eigenvalue weighted by atomic mass is 32.2. The van der Waals surface area contributed by atoms with Crippen molar-refractivity contribution in [2.75, 3.05) is 6.54 Å². The van der Waals surface area contributed by atoms with Crippen LogP contribution in [-0.2, 0) is 26.2 Å². The fourth-order valence-corrected chi connectivity index (χ4v) is 3.38. The summed E-state index contributed by atoms with van der Waals surface area (Å²) in [5.74, 6) is -3.37. The molecule has 0 aliphatic heterocycles. The van der Waals surface area contributed by atoms with Gasteiger partial charge >= 0.3 is 5.97 Å². The van der Waals surface area contributed by atoms with Crippen LogP contribution in [-0.4, -0.2) is 25.9 Å². The van der Waals surface area contributed by atoms with E-state index in [-0.39, 0.29) is 25.5 Å².